The molecular formula is C28H26Cl2N2O4. The quantitative estimate of drug-likeness (QED) is 0.374. The van der Waals surface area contributed by atoms with E-state index in [-0.39, 0.29) is 17.7 Å². The normalized spacial score (nSPS) is 18.9. The number of Topliss-reactive ketones (excluding diaryl/α,β-unsaturated/α-hetero) is 1. The number of rotatable bonds is 5. The number of carbonyl (C=O) groups excluding carboxylic acids is 1. The molecular weight excluding hydrogens is 499 g/mol. The van der Waals surface area contributed by atoms with Crippen LogP contribution in [-0.2, 0) is 4.79 Å². The van der Waals surface area contributed by atoms with Crippen LogP contribution in [0.1, 0.15) is 35.9 Å². The molecule has 0 saturated heterocycles. The number of allylic oxidation sites excluding steroid dienone is 1. The van der Waals surface area contributed by atoms with Crippen molar-refractivity contribution in [2.75, 3.05) is 32.0 Å². The van der Waals surface area contributed by atoms with Crippen molar-refractivity contribution in [2.24, 2.45) is 0 Å². The summed E-state index contributed by atoms with van der Waals surface area (Å²) in [7, 11) is 4.75. The third-order valence-electron chi connectivity index (χ3n) is 6.74. The molecule has 0 amide bonds. The second-order valence-electron chi connectivity index (χ2n) is 8.80. The van der Waals surface area contributed by atoms with E-state index >= 15 is 0 Å². The van der Waals surface area contributed by atoms with Gasteiger partial charge < -0.3 is 24.8 Å². The van der Waals surface area contributed by atoms with Gasteiger partial charge in [0.2, 0.25) is 5.75 Å². The Morgan fingerprint density at radius 2 is 1.50 bits per heavy atom. The van der Waals surface area contributed by atoms with Crippen LogP contribution in [0.3, 0.4) is 0 Å². The fraction of sp³-hybridized carbons (Fsp3) is 0.250. The molecule has 3 aromatic carbocycles. The number of ether oxygens (including phenoxy) is 3. The van der Waals surface area contributed by atoms with Gasteiger partial charge in [-0.2, -0.15) is 0 Å². The minimum absolute atomic E-state index is 0.0545. The molecule has 1 heterocycles. The fourth-order valence-electron chi connectivity index (χ4n) is 5.01. The maximum absolute atomic E-state index is 13.8. The van der Waals surface area contributed by atoms with Gasteiger partial charge in [-0.3, -0.25) is 4.79 Å². The summed E-state index contributed by atoms with van der Waals surface area (Å²) < 4.78 is 16.6. The van der Waals surface area contributed by atoms with Gasteiger partial charge in [0.1, 0.15) is 0 Å². The first-order chi connectivity index (χ1) is 17.4. The number of fused-ring (bicyclic) bond motifs is 1. The molecule has 0 spiro atoms. The van der Waals surface area contributed by atoms with E-state index in [2.05, 4.69) is 10.6 Å². The topological polar surface area (TPSA) is 68.8 Å². The monoisotopic (exact) mass is 524 g/mol. The molecule has 0 bridgehead atoms. The summed E-state index contributed by atoms with van der Waals surface area (Å²) in [5, 5.41) is 8.02. The minimum atomic E-state index is -0.376. The van der Waals surface area contributed by atoms with E-state index in [1.165, 1.54) is 0 Å². The summed E-state index contributed by atoms with van der Waals surface area (Å²) >= 11 is 12.5. The third-order valence-corrected chi connectivity index (χ3v) is 7.48. The number of hydrogen-bond acceptors (Lipinski definition) is 6. The number of benzene rings is 3. The summed E-state index contributed by atoms with van der Waals surface area (Å²) in [6.07, 6.45) is 0.975. The average Bonchev–Trinajstić information content (AvgIpc) is 3.06. The smallest absolute Gasteiger partial charge is 0.203 e. The molecule has 5 rings (SSSR count). The number of nitrogens with one attached hydrogen (secondary N) is 2. The number of methoxy groups -OCH3 is 3. The maximum atomic E-state index is 13.8. The van der Waals surface area contributed by atoms with Crippen LogP contribution in [0.25, 0.3) is 0 Å². The number of hydrogen-bond donors (Lipinski definition) is 2. The van der Waals surface area contributed by atoms with Crippen molar-refractivity contribution < 1.29 is 19.0 Å². The zero-order valence-corrected chi connectivity index (χ0v) is 21.7. The average molecular weight is 525 g/mol. The van der Waals surface area contributed by atoms with Gasteiger partial charge in [-0.05, 0) is 59.9 Å². The lowest BCUT2D eigenvalue weighted by Crippen LogP contribution is -2.27. The lowest BCUT2D eigenvalue weighted by Gasteiger charge is -2.30. The molecule has 2 atom stereocenters. The molecule has 1 aliphatic heterocycles. The van der Waals surface area contributed by atoms with Gasteiger partial charge in [-0.25, -0.2) is 0 Å². The largest absolute Gasteiger partial charge is 0.493 e. The minimum Gasteiger partial charge on any atom is -0.493 e. The van der Waals surface area contributed by atoms with Gasteiger partial charge >= 0.3 is 0 Å². The highest BCUT2D eigenvalue weighted by atomic mass is 35.5. The van der Waals surface area contributed by atoms with Gasteiger partial charge in [0, 0.05) is 17.7 Å². The fourth-order valence-corrected chi connectivity index (χ4v) is 5.31. The SMILES string of the molecule is COc1cc(C2CC(=O)C3=C(C2)Nc2ccccc2NC3c2ccc(Cl)c(Cl)c2)cc(OC)c1OC. The number of anilines is 2. The molecule has 2 unspecified atom stereocenters. The van der Waals surface area contributed by atoms with Crippen LogP contribution in [0.15, 0.2) is 65.9 Å². The van der Waals surface area contributed by atoms with Crippen molar-refractivity contribution in [1.82, 2.24) is 0 Å². The standard InChI is InChI=1S/C28H26Cl2N2O4/c1-34-24-13-17(14-25(35-2)28(24)36-3)16-11-22-26(23(33)12-16)27(15-8-9-18(29)19(30)10-15)32-21-7-5-4-6-20(21)31-22/h4-10,13-14,16,27,31-32H,11-12H2,1-3H3. The third kappa shape index (κ3) is 4.36. The Morgan fingerprint density at radius 3 is 2.14 bits per heavy atom. The first-order valence-electron chi connectivity index (χ1n) is 11.6. The van der Waals surface area contributed by atoms with Crippen LogP contribution >= 0.6 is 23.2 Å². The Bertz CT molecular complexity index is 1350. The molecule has 0 radical (unpaired) electrons. The van der Waals surface area contributed by atoms with Crippen LogP contribution in [-0.4, -0.2) is 27.1 Å². The second kappa shape index (κ2) is 9.96. The van der Waals surface area contributed by atoms with Crippen molar-refractivity contribution in [3.05, 3.63) is 87.0 Å². The van der Waals surface area contributed by atoms with E-state index in [0.29, 0.717) is 45.7 Å². The van der Waals surface area contributed by atoms with Crippen molar-refractivity contribution >= 4 is 40.4 Å². The second-order valence-corrected chi connectivity index (χ2v) is 9.62. The Morgan fingerprint density at radius 1 is 0.806 bits per heavy atom. The highest BCUT2D eigenvalue weighted by Crippen LogP contribution is 2.47. The van der Waals surface area contributed by atoms with Crippen molar-refractivity contribution in [1.29, 1.82) is 0 Å². The summed E-state index contributed by atoms with van der Waals surface area (Å²) in [5.41, 5.74) is 5.20. The van der Waals surface area contributed by atoms with Gasteiger partial charge in [0.05, 0.1) is 48.8 Å². The van der Waals surface area contributed by atoms with Crippen molar-refractivity contribution in [3.8, 4) is 17.2 Å². The number of ketones is 1. The summed E-state index contributed by atoms with van der Waals surface area (Å²) in [6.45, 7) is 0. The van der Waals surface area contributed by atoms with Gasteiger partial charge in [0.15, 0.2) is 17.3 Å². The van der Waals surface area contributed by atoms with Crippen molar-refractivity contribution in [2.45, 2.75) is 24.8 Å². The van der Waals surface area contributed by atoms with Crippen LogP contribution < -0.4 is 24.8 Å². The van der Waals surface area contributed by atoms with Crippen molar-refractivity contribution in [3.63, 3.8) is 0 Å². The summed E-state index contributed by atoms with van der Waals surface area (Å²) in [5.74, 6) is 1.63. The Kier molecular flexibility index (Phi) is 6.73. The maximum Gasteiger partial charge on any atom is 0.203 e. The van der Waals surface area contributed by atoms with E-state index < -0.39 is 0 Å². The molecule has 2 aliphatic rings. The molecule has 1 aliphatic carbocycles. The zero-order valence-electron chi connectivity index (χ0n) is 20.2. The molecule has 186 valence electrons. The van der Waals surface area contributed by atoms with Crippen LogP contribution in [0, 0.1) is 0 Å². The van der Waals surface area contributed by atoms with E-state index in [1.54, 1.807) is 27.4 Å². The molecule has 36 heavy (non-hydrogen) atoms. The first kappa shape index (κ1) is 24.3. The van der Waals surface area contributed by atoms with Crippen LogP contribution in [0.5, 0.6) is 17.2 Å². The van der Waals surface area contributed by atoms with E-state index in [4.69, 9.17) is 37.4 Å². The van der Waals surface area contributed by atoms with Crippen LogP contribution in [0.4, 0.5) is 11.4 Å². The lowest BCUT2D eigenvalue weighted by molar-refractivity contribution is -0.116. The molecule has 8 heteroatoms. The first-order valence-corrected chi connectivity index (χ1v) is 12.3. The Balaban J connectivity index is 1.60. The number of carbonyl (C=O) groups is 1. The molecule has 6 nitrogen and oxygen atoms in total. The molecule has 0 fully saturated rings. The van der Waals surface area contributed by atoms with Gasteiger partial charge in [-0.1, -0.05) is 41.4 Å². The highest BCUT2D eigenvalue weighted by molar-refractivity contribution is 6.42. The summed E-state index contributed by atoms with van der Waals surface area (Å²) in [6, 6.07) is 16.9. The van der Waals surface area contributed by atoms with Crippen LogP contribution in [0.2, 0.25) is 10.0 Å². The van der Waals surface area contributed by atoms with Gasteiger partial charge in [-0.15, -0.1) is 0 Å². The van der Waals surface area contributed by atoms with Gasteiger partial charge in [0.25, 0.3) is 0 Å². The number of para-hydroxylation sites is 2. The van der Waals surface area contributed by atoms with E-state index in [0.717, 1.165) is 28.2 Å². The Hall–Kier alpha value is -3.35. The Labute approximate surface area is 220 Å². The molecule has 3 aromatic rings. The molecule has 2 N–H and O–H groups in total. The predicted molar refractivity (Wildman–Crippen MR) is 143 cm³/mol. The summed E-state index contributed by atoms with van der Waals surface area (Å²) in [4.78, 5) is 13.8. The zero-order chi connectivity index (χ0) is 25.4. The van der Waals surface area contributed by atoms with E-state index in [9.17, 15) is 4.79 Å². The molecule has 0 aromatic heterocycles. The predicted octanol–water partition coefficient (Wildman–Crippen LogP) is 7.00. The number of halogens is 2. The van der Waals surface area contributed by atoms with E-state index in [1.807, 2.05) is 48.5 Å². The molecule has 0 saturated carbocycles. The lowest BCUT2D eigenvalue weighted by atomic mass is 9.78. The highest BCUT2D eigenvalue weighted by Gasteiger charge is 2.36.